The average molecular weight is 557 g/mol. The van der Waals surface area contributed by atoms with E-state index in [2.05, 4.69) is 0 Å². The molecule has 0 nitrogen and oxygen atoms in total. The van der Waals surface area contributed by atoms with Crippen LogP contribution in [0, 0.1) is 29.1 Å². The Morgan fingerprint density at radius 2 is 1.18 bits per heavy atom. The average Bonchev–Trinajstić information content (AvgIpc) is 2.89. The van der Waals surface area contributed by atoms with Gasteiger partial charge in [-0.1, -0.05) is 55.8 Å². The van der Waals surface area contributed by atoms with Gasteiger partial charge in [0.1, 0.15) is 29.1 Å². The second-order valence-corrected chi connectivity index (χ2v) is 9.57. The highest BCUT2D eigenvalue weighted by molar-refractivity contribution is 5.71. The highest BCUT2D eigenvalue weighted by atomic mass is 19.3. The molecule has 4 aromatic rings. The minimum absolute atomic E-state index is 0.128. The molecular weight excluding hydrogens is 529 g/mol. The number of rotatable bonds is 10. The van der Waals surface area contributed by atoms with Gasteiger partial charge in [0.05, 0.1) is 0 Å². The standard InChI is InChI=1S/C33H27F7/c1-2-4-20-8-13-25(29(35)15-20)24-12-14-26(32(38)19-24)23-11-10-22(28(34)18-23)9-7-21-16-30(36)27(31(37)17-21)5-3-6-33(39)40/h3,6,8,10-19,33H,2,4-5,7,9H2,1H3. The number of aryl methyl sites for hydroxylation is 3. The molecule has 0 bridgehead atoms. The van der Waals surface area contributed by atoms with Crippen LogP contribution < -0.4 is 0 Å². The third-order valence-corrected chi connectivity index (χ3v) is 6.70. The van der Waals surface area contributed by atoms with Gasteiger partial charge in [0, 0.05) is 16.7 Å². The van der Waals surface area contributed by atoms with Crippen molar-refractivity contribution in [2.45, 2.75) is 45.5 Å². The SMILES string of the molecule is CCCc1ccc(-c2ccc(-c3ccc(CCc4cc(F)c(CC=CC(F)F)c(F)c4)c(F)c3)c(F)c2)c(F)c1. The van der Waals surface area contributed by atoms with E-state index in [0.29, 0.717) is 17.2 Å². The zero-order chi connectivity index (χ0) is 28.8. The molecule has 0 unspecified atom stereocenters. The minimum Gasteiger partial charge on any atom is -0.207 e. The Morgan fingerprint density at radius 3 is 1.75 bits per heavy atom. The summed E-state index contributed by atoms with van der Waals surface area (Å²) in [4.78, 5) is 0. The van der Waals surface area contributed by atoms with Gasteiger partial charge in [-0.2, -0.15) is 0 Å². The summed E-state index contributed by atoms with van der Waals surface area (Å²) in [6.45, 7) is 2.00. The summed E-state index contributed by atoms with van der Waals surface area (Å²) < 4.78 is 97.7. The van der Waals surface area contributed by atoms with Crippen LogP contribution in [0.2, 0.25) is 0 Å². The third kappa shape index (κ3) is 7.00. The second-order valence-electron chi connectivity index (χ2n) is 9.57. The summed E-state index contributed by atoms with van der Waals surface area (Å²) in [6, 6.07) is 15.6. The van der Waals surface area contributed by atoms with Gasteiger partial charge in [-0.15, -0.1) is 0 Å². The topological polar surface area (TPSA) is 0 Å². The van der Waals surface area contributed by atoms with Crippen LogP contribution in [0.3, 0.4) is 0 Å². The van der Waals surface area contributed by atoms with Crippen LogP contribution in [0.1, 0.15) is 35.6 Å². The van der Waals surface area contributed by atoms with E-state index in [-0.39, 0.29) is 47.1 Å². The van der Waals surface area contributed by atoms with Crippen molar-refractivity contribution in [2.24, 2.45) is 0 Å². The molecule has 0 N–H and O–H groups in total. The summed E-state index contributed by atoms with van der Waals surface area (Å²) in [5.74, 6) is -3.39. The molecule has 0 fully saturated rings. The monoisotopic (exact) mass is 556 g/mol. The third-order valence-electron chi connectivity index (χ3n) is 6.70. The van der Waals surface area contributed by atoms with Gasteiger partial charge in [0.2, 0.25) is 0 Å². The van der Waals surface area contributed by atoms with Crippen LogP contribution in [0.5, 0.6) is 0 Å². The van der Waals surface area contributed by atoms with E-state index < -0.39 is 35.5 Å². The number of hydrogen-bond acceptors (Lipinski definition) is 0. The van der Waals surface area contributed by atoms with E-state index in [0.717, 1.165) is 36.6 Å². The molecule has 0 saturated heterocycles. The van der Waals surface area contributed by atoms with E-state index in [9.17, 15) is 26.3 Å². The Hall–Kier alpha value is -3.87. The van der Waals surface area contributed by atoms with Crippen LogP contribution >= 0.6 is 0 Å². The largest absolute Gasteiger partial charge is 0.257 e. The van der Waals surface area contributed by atoms with E-state index in [1.54, 1.807) is 18.2 Å². The van der Waals surface area contributed by atoms with Crippen molar-refractivity contribution in [1.82, 2.24) is 0 Å². The molecule has 0 heterocycles. The molecule has 4 aromatic carbocycles. The van der Waals surface area contributed by atoms with E-state index in [1.807, 2.05) is 13.0 Å². The Morgan fingerprint density at radius 1 is 0.600 bits per heavy atom. The normalized spacial score (nSPS) is 11.6. The van der Waals surface area contributed by atoms with Gasteiger partial charge in [-0.3, -0.25) is 0 Å². The van der Waals surface area contributed by atoms with Crippen molar-refractivity contribution in [3.8, 4) is 22.3 Å². The van der Waals surface area contributed by atoms with Gasteiger partial charge in [0.25, 0.3) is 6.43 Å². The van der Waals surface area contributed by atoms with Crippen molar-refractivity contribution < 1.29 is 30.7 Å². The van der Waals surface area contributed by atoms with E-state index >= 15 is 4.39 Å². The fraction of sp³-hybridized carbons (Fsp3) is 0.212. The van der Waals surface area contributed by atoms with Crippen LogP contribution in [-0.2, 0) is 25.7 Å². The molecule has 40 heavy (non-hydrogen) atoms. The highest BCUT2D eigenvalue weighted by Crippen LogP contribution is 2.31. The first-order valence-corrected chi connectivity index (χ1v) is 12.9. The molecule has 0 aliphatic carbocycles. The highest BCUT2D eigenvalue weighted by Gasteiger charge is 2.14. The zero-order valence-electron chi connectivity index (χ0n) is 21.8. The van der Waals surface area contributed by atoms with E-state index in [4.69, 9.17) is 0 Å². The Labute approximate surface area is 228 Å². The molecule has 0 saturated carbocycles. The molecule has 7 heteroatoms. The molecule has 4 rings (SSSR count). The number of benzene rings is 4. The number of hydrogen-bond donors (Lipinski definition) is 0. The van der Waals surface area contributed by atoms with Crippen LogP contribution in [0.4, 0.5) is 30.7 Å². The maximum atomic E-state index is 15.0. The summed E-state index contributed by atoms with van der Waals surface area (Å²) in [5.41, 5.74) is 2.20. The van der Waals surface area contributed by atoms with Gasteiger partial charge in [-0.05, 0) is 89.9 Å². The predicted molar refractivity (Wildman–Crippen MR) is 144 cm³/mol. The number of allylic oxidation sites excluding steroid dienone is 2. The summed E-state index contributed by atoms with van der Waals surface area (Å²) in [6.07, 6.45) is 0.430. The van der Waals surface area contributed by atoms with Crippen molar-refractivity contribution in [1.29, 1.82) is 0 Å². The van der Waals surface area contributed by atoms with E-state index in [1.165, 1.54) is 30.3 Å². The molecule has 0 spiro atoms. The number of alkyl halides is 2. The minimum atomic E-state index is -2.71. The first-order chi connectivity index (χ1) is 19.2. The summed E-state index contributed by atoms with van der Waals surface area (Å²) >= 11 is 0. The van der Waals surface area contributed by atoms with Crippen molar-refractivity contribution in [3.63, 3.8) is 0 Å². The van der Waals surface area contributed by atoms with Gasteiger partial charge in [0.15, 0.2) is 0 Å². The van der Waals surface area contributed by atoms with Crippen LogP contribution in [-0.4, -0.2) is 6.43 Å². The molecule has 0 aliphatic heterocycles. The van der Waals surface area contributed by atoms with Gasteiger partial charge in [-0.25, -0.2) is 30.7 Å². The molecule has 0 aliphatic rings. The second kappa shape index (κ2) is 13.0. The molecule has 208 valence electrons. The fourth-order valence-corrected chi connectivity index (χ4v) is 4.63. The summed E-state index contributed by atoms with van der Waals surface area (Å²) in [5, 5.41) is 0. The Kier molecular flexibility index (Phi) is 9.46. The number of halogens is 7. The maximum Gasteiger partial charge on any atom is 0.257 e. The smallest absolute Gasteiger partial charge is 0.207 e. The Balaban J connectivity index is 1.47. The lowest BCUT2D eigenvalue weighted by atomic mass is 9.96. The molecule has 0 aromatic heterocycles. The predicted octanol–water partition coefficient (Wildman–Crippen LogP) is 9.82. The first kappa shape index (κ1) is 29.1. The molecular formula is C33H27F7. The van der Waals surface area contributed by atoms with Crippen LogP contribution in [0.25, 0.3) is 22.3 Å². The van der Waals surface area contributed by atoms with Gasteiger partial charge >= 0.3 is 0 Å². The lowest BCUT2D eigenvalue weighted by Crippen LogP contribution is -2.01. The quantitative estimate of drug-likeness (QED) is 0.135. The van der Waals surface area contributed by atoms with Crippen molar-refractivity contribution in [2.75, 3.05) is 0 Å². The fourth-order valence-electron chi connectivity index (χ4n) is 4.63. The maximum absolute atomic E-state index is 15.0. The van der Waals surface area contributed by atoms with Gasteiger partial charge < -0.3 is 0 Å². The van der Waals surface area contributed by atoms with Crippen molar-refractivity contribution in [3.05, 3.63) is 130 Å². The van der Waals surface area contributed by atoms with Crippen LogP contribution in [0.15, 0.2) is 78.9 Å². The molecule has 0 atom stereocenters. The Bertz CT molecular complexity index is 1500. The zero-order valence-corrected chi connectivity index (χ0v) is 21.8. The lowest BCUT2D eigenvalue weighted by molar-refractivity contribution is 0.204. The molecule has 0 amide bonds. The summed E-state index contributed by atoms with van der Waals surface area (Å²) in [7, 11) is 0. The first-order valence-electron chi connectivity index (χ1n) is 12.9. The van der Waals surface area contributed by atoms with Crippen molar-refractivity contribution >= 4 is 0 Å². The lowest BCUT2D eigenvalue weighted by Gasteiger charge is -2.11. The molecule has 0 radical (unpaired) electrons.